The van der Waals surface area contributed by atoms with Crippen LogP contribution in [-0.4, -0.2) is 20.2 Å². The van der Waals surface area contributed by atoms with Crippen molar-refractivity contribution >= 4 is 27.3 Å². The molecule has 0 amide bonds. The number of benzene rings is 1. The first-order chi connectivity index (χ1) is 6.97. The molecule has 0 saturated carbocycles. The summed E-state index contributed by atoms with van der Waals surface area (Å²) in [4.78, 5) is 0. The first-order valence-electron chi connectivity index (χ1n) is 4.43. The molecule has 0 heterocycles. The smallest absolute Gasteiger partial charge is 0.236 e. The average Bonchev–Trinajstić information content (AvgIpc) is 2.20. The molecule has 0 spiro atoms. The van der Waals surface area contributed by atoms with E-state index in [9.17, 15) is 8.42 Å². The van der Waals surface area contributed by atoms with E-state index in [4.69, 9.17) is 17.3 Å². The maximum atomic E-state index is 11.6. The molecule has 0 aliphatic carbocycles. The van der Waals surface area contributed by atoms with Gasteiger partial charge in [-0.2, -0.15) is 0 Å². The quantitative estimate of drug-likeness (QED) is 0.847. The van der Waals surface area contributed by atoms with Crippen LogP contribution in [0.15, 0.2) is 24.3 Å². The summed E-state index contributed by atoms with van der Waals surface area (Å²) in [6.45, 7) is 1.61. The van der Waals surface area contributed by atoms with Gasteiger partial charge in [-0.05, 0) is 19.1 Å². The molecule has 0 radical (unpaired) electrons. The molecule has 15 heavy (non-hydrogen) atoms. The van der Waals surface area contributed by atoms with E-state index in [1.807, 2.05) is 0 Å². The highest BCUT2D eigenvalue weighted by Gasteiger charge is 2.19. The molecule has 1 atom stereocenters. The van der Waals surface area contributed by atoms with Crippen LogP contribution in [0.4, 0.5) is 5.69 Å². The molecule has 0 aliphatic heterocycles. The van der Waals surface area contributed by atoms with Crippen LogP contribution in [0.5, 0.6) is 0 Å². The van der Waals surface area contributed by atoms with E-state index >= 15 is 0 Å². The van der Waals surface area contributed by atoms with Crippen molar-refractivity contribution in [1.82, 2.24) is 0 Å². The molecule has 84 valence electrons. The fourth-order valence-corrected chi connectivity index (χ4v) is 2.10. The van der Waals surface area contributed by atoms with Gasteiger partial charge in [0.15, 0.2) is 0 Å². The number of nitrogens with two attached hydrogens (primary N) is 1. The predicted octanol–water partition coefficient (Wildman–Crippen LogP) is 1.43. The van der Waals surface area contributed by atoms with E-state index in [1.54, 1.807) is 31.2 Å². The number of sulfonamides is 1. The first-order valence-corrected chi connectivity index (χ1v) is 6.36. The monoisotopic (exact) mass is 248 g/mol. The molecule has 0 aliphatic rings. The maximum Gasteiger partial charge on any atom is 0.236 e. The molecule has 6 heteroatoms. The number of halogens is 1. The number of nitrogens with one attached hydrogen (secondary N) is 1. The third-order valence-corrected chi connectivity index (χ3v) is 4.07. The fourth-order valence-electron chi connectivity index (χ4n) is 0.925. The van der Waals surface area contributed by atoms with Crippen molar-refractivity contribution in [3.05, 3.63) is 29.3 Å². The summed E-state index contributed by atoms with van der Waals surface area (Å²) in [6.07, 6.45) is 0. The number of anilines is 1. The Kier molecular flexibility index (Phi) is 3.96. The Labute approximate surface area is 94.5 Å². The lowest BCUT2D eigenvalue weighted by molar-refractivity contribution is 0.589. The second-order valence-electron chi connectivity index (χ2n) is 3.17. The van der Waals surface area contributed by atoms with Crippen LogP contribution >= 0.6 is 11.6 Å². The van der Waals surface area contributed by atoms with Gasteiger partial charge in [-0.1, -0.05) is 23.7 Å². The zero-order chi connectivity index (χ0) is 11.5. The fraction of sp³-hybridized carbons (Fsp3) is 0.333. The zero-order valence-corrected chi connectivity index (χ0v) is 9.85. The summed E-state index contributed by atoms with van der Waals surface area (Å²) in [7, 11) is -3.45. The van der Waals surface area contributed by atoms with Gasteiger partial charge in [0, 0.05) is 6.54 Å². The van der Waals surface area contributed by atoms with Crippen LogP contribution in [0.3, 0.4) is 0 Å². The van der Waals surface area contributed by atoms with E-state index in [2.05, 4.69) is 4.72 Å². The maximum absolute atomic E-state index is 11.6. The van der Waals surface area contributed by atoms with Crippen LogP contribution < -0.4 is 10.5 Å². The molecular weight excluding hydrogens is 236 g/mol. The molecule has 0 saturated heterocycles. The highest BCUT2D eigenvalue weighted by molar-refractivity contribution is 7.93. The van der Waals surface area contributed by atoms with E-state index in [0.717, 1.165) is 0 Å². The standard InChI is InChI=1S/C9H13ClN2O2S/c1-7(6-11)15(13,14)12-9-5-3-2-4-8(9)10/h2-5,7,12H,6,11H2,1H3. The Morgan fingerprint density at radius 1 is 1.47 bits per heavy atom. The topological polar surface area (TPSA) is 72.2 Å². The first kappa shape index (κ1) is 12.3. The van der Waals surface area contributed by atoms with Gasteiger partial charge in [-0.25, -0.2) is 8.42 Å². The van der Waals surface area contributed by atoms with Crippen LogP contribution in [0.2, 0.25) is 5.02 Å². The van der Waals surface area contributed by atoms with Gasteiger partial charge in [0.05, 0.1) is 16.0 Å². The largest absolute Gasteiger partial charge is 0.329 e. The summed E-state index contributed by atoms with van der Waals surface area (Å²) >= 11 is 5.82. The van der Waals surface area contributed by atoms with Gasteiger partial charge < -0.3 is 5.73 Å². The van der Waals surface area contributed by atoms with E-state index in [1.165, 1.54) is 0 Å². The lowest BCUT2D eigenvalue weighted by Crippen LogP contribution is -2.31. The molecule has 0 aromatic heterocycles. The minimum atomic E-state index is -3.45. The van der Waals surface area contributed by atoms with Crippen molar-refractivity contribution in [2.75, 3.05) is 11.3 Å². The highest BCUT2D eigenvalue weighted by atomic mass is 35.5. The number of rotatable bonds is 4. The van der Waals surface area contributed by atoms with Crippen LogP contribution in [0, 0.1) is 0 Å². The molecular formula is C9H13ClN2O2S. The lowest BCUT2D eigenvalue weighted by atomic mass is 10.3. The third-order valence-electron chi connectivity index (χ3n) is 1.99. The van der Waals surface area contributed by atoms with Crippen molar-refractivity contribution in [1.29, 1.82) is 0 Å². The van der Waals surface area contributed by atoms with Gasteiger partial charge in [0.2, 0.25) is 10.0 Å². The average molecular weight is 249 g/mol. The summed E-state index contributed by atoms with van der Waals surface area (Å²) in [5, 5.41) is -0.279. The molecule has 3 N–H and O–H groups in total. The third kappa shape index (κ3) is 3.09. The van der Waals surface area contributed by atoms with Crippen molar-refractivity contribution in [2.45, 2.75) is 12.2 Å². The molecule has 4 nitrogen and oxygen atoms in total. The molecule has 1 rings (SSSR count). The Morgan fingerprint density at radius 2 is 2.07 bits per heavy atom. The van der Waals surface area contributed by atoms with E-state index in [-0.39, 0.29) is 6.54 Å². The van der Waals surface area contributed by atoms with Gasteiger partial charge in [-0.3, -0.25) is 4.72 Å². The molecule has 1 aromatic carbocycles. The Balaban J connectivity index is 2.92. The van der Waals surface area contributed by atoms with Crippen LogP contribution in [0.25, 0.3) is 0 Å². The molecule has 0 bridgehead atoms. The minimum absolute atomic E-state index is 0.0692. The van der Waals surface area contributed by atoms with Crippen LogP contribution in [-0.2, 0) is 10.0 Å². The summed E-state index contributed by atoms with van der Waals surface area (Å²) in [5.41, 5.74) is 5.67. The second kappa shape index (κ2) is 4.83. The van der Waals surface area contributed by atoms with Crippen molar-refractivity contribution in [3.63, 3.8) is 0 Å². The minimum Gasteiger partial charge on any atom is -0.329 e. The number of hydrogen-bond acceptors (Lipinski definition) is 3. The summed E-state index contributed by atoms with van der Waals surface area (Å²) < 4.78 is 25.7. The molecule has 1 aromatic rings. The van der Waals surface area contributed by atoms with Crippen molar-refractivity contribution < 1.29 is 8.42 Å². The second-order valence-corrected chi connectivity index (χ2v) is 5.68. The predicted molar refractivity (Wildman–Crippen MR) is 62.5 cm³/mol. The van der Waals surface area contributed by atoms with Gasteiger partial charge in [0.25, 0.3) is 0 Å². The molecule has 0 fully saturated rings. The Morgan fingerprint density at radius 3 is 2.60 bits per heavy atom. The van der Waals surface area contributed by atoms with Crippen molar-refractivity contribution in [2.24, 2.45) is 5.73 Å². The zero-order valence-electron chi connectivity index (χ0n) is 8.27. The summed E-state index contributed by atoms with van der Waals surface area (Å²) in [6, 6.07) is 6.65. The number of para-hydroxylation sites is 1. The van der Waals surface area contributed by atoms with E-state index < -0.39 is 15.3 Å². The van der Waals surface area contributed by atoms with Gasteiger partial charge >= 0.3 is 0 Å². The lowest BCUT2D eigenvalue weighted by Gasteiger charge is -2.13. The van der Waals surface area contributed by atoms with Crippen LogP contribution in [0.1, 0.15) is 6.92 Å². The van der Waals surface area contributed by atoms with Crippen molar-refractivity contribution in [3.8, 4) is 0 Å². The normalized spacial score (nSPS) is 13.5. The summed E-state index contributed by atoms with van der Waals surface area (Å²) in [5.74, 6) is 0. The van der Waals surface area contributed by atoms with Gasteiger partial charge in [-0.15, -0.1) is 0 Å². The van der Waals surface area contributed by atoms with Gasteiger partial charge in [0.1, 0.15) is 0 Å². The number of hydrogen-bond donors (Lipinski definition) is 2. The SMILES string of the molecule is CC(CN)S(=O)(=O)Nc1ccccc1Cl. The Hall–Kier alpha value is -0.780. The molecule has 1 unspecified atom stereocenters. The Bertz CT molecular complexity index is 433. The highest BCUT2D eigenvalue weighted by Crippen LogP contribution is 2.22. The van der Waals surface area contributed by atoms with E-state index in [0.29, 0.717) is 10.7 Å².